The third-order valence-electron chi connectivity index (χ3n) is 4.03. The maximum absolute atomic E-state index is 4.71. The van der Waals surface area contributed by atoms with Crippen LogP contribution < -0.4 is 15.1 Å². The zero-order chi connectivity index (χ0) is 15.4. The maximum Gasteiger partial charge on any atom is 0.232 e. The Morgan fingerprint density at radius 1 is 1.14 bits per heavy atom. The molecule has 0 spiro atoms. The molecular weight excluding hydrogens is 264 g/mol. The predicted octanol–water partition coefficient (Wildman–Crippen LogP) is 2.38. The van der Waals surface area contributed by atoms with E-state index in [1.54, 1.807) is 0 Å². The van der Waals surface area contributed by atoms with Crippen molar-refractivity contribution in [2.45, 2.75) is 47.1 Å². The van der Waals surface area contributed by atoms with Gasteiger partial charge in [-0.15, -0.1) is 0 Å². The molecule has 1 aliphatic heterocycles. The van der Waals surface area contributed by atoms with Crippen molar-refractivity contribution in [3.63, 3.8) is 0 Å². The molecule has 1 saturated heterocycles. The molecule has 0 amide bonds. The van der Waals surface area contributed by atoms with E-state index in [4.69, 9.17) is 4.98 Å². The second-order valence-corrected chi connectivity index (χ2v) is 5.80. The van der Waals surface area contributed by atoms with E-state index in [-0.39, 0.29) is 0 Å². The van der Waals surface area contributed by atoms with Crippen molar-refractivity contribution in [3.05, 3.63) is 0 Å². The number of anilines is 3. The second-order valence-electron chi connectivity index (χ2n) is 5.80. The summed E-state index contributed by atoms with van der Waals surface area (Å²) in [5.74, 6) is 2.94. The van der Waals surface area contributed by atoms with Crippen molar-refractivity contribution in [2.75, 3.05) is 41.3 Å². The van der Waals surface area contributed by atoms with Crippen LogP contribution in [0.5, 0.6) is 0 Å². The van der Waals surface area contributed by atoms with Crippen molar-refractivity contribution in [2.24, 2.45) is 5.92 Å². The van der Waals surface area contributed by atoms with Gasteiger partial charge in [-0.1, -0.05) is 6.92 Å². The van der Waals surface area contributed by atoms with Gasteiger partial charge < -0.3 is 15.1 Å². The first-order chi connectivity index (χ1) is 10.1. The summed E-state index contributed by atoms with van der Waals surface area (Å²) in [6.45, 7) is 14.5. The van der Waals surface area contributed by atoms with Gasteiger partial charge in [0.05, 0.1) is 0 Å². The van der Waals surface area contributed by atoms with Crippen LogP contribution in [0.3, 0.4) is 0 Å². The Balaban J connectivity index is 2.35. The molecule has 0 aliphatic carbocycles. The van der Waals surface area contributed by atoms with Crippen molar-refractivity contribution in [1.29, 1.82) is 0 Å². The fourth-order valence-electron chi connectivity index (χ4n) is 2.95. The smallest absolute Gasteiger partial charge is 0.232 e. The lowest BCUT2D eigenvalue weighted by molar-refractivity contribution is 0.624. The molecular formula is C15H28N6. The number of hydrogen-bond donors (Lipinski definition) is 1. The normalized spacial score (nSPS) is 21.7. The third kappa shape index (κ3) is 3.54. The van der Waals surface area contributed by atoms with E-state index < -0.39 is 0 Å². The van der Waals surface area contributed by atoms with E-state index in [0.29, 0.717) is 17.9 Å². The summed E-state index contributed by atoms with van der Waals surface area (Å²) in [7, 11) is 0. The average Bonchev–Trinajstić information content (AvgIpc) is 2.79. The molecule has 118 valence electrons. The molecule has 6 nitrogen and oxygen atoms in total. The summed E-state index contributed by atoms with van der Waals surface area (Å²) in [6, 6.07) is 0.487. The molecule has 21 heavy (non-hydrogen) atoms. The minimum Gasteiger partial charge on any atom is -0.354 e. The molecule has 1 aromatic heterocycles. The zero-order valence-electron chi connectivity index (χ0n) is 13.9. The molecule has 0 aromatic carbocycles. The van der Waals surface area contributed by atoms with Crippen LogP contribution in [0.1, 0.15) is 41.0 Å². The standard InChI is InChI=1S/C15H28N6/c1-6-16-13-17-14(20(7-2)8-3)19-15(18-13)21-10-11(4)9-12(21)5/h11-12H,6-10H2,1-5H3,(H,16,17,18,19). The first-order valence-corrected chi connectivity index (χ1v) is 8.10. The Hall–Kier alpha value is -1.59. The summed E-state index contributed by atoms with van der Waals surface area (Å²) in [5, 5.41) is 3.23. The molecule has 1 aliphatic rings. The van der Waals surface area contributed by atoms with E-state index in [1.165, 1.54) is 6.42 Å². The Labute approximate surface area is 128 Å². The molecule has 2 atom stereocenters. The fourth-order valence-corrected chi connectivity index (χ4v) is 2.95. The van der Waals surface area contributed by atoms with E-state index >= 15 is 0 Å². The minimum atomic E-state index is 0.487. The lowest BCUT2D eigenvalue weighted by Crippen LogP contribution is -2.31. The summed E-state index contributed by atoms with van der Waals surface area (Å²) >= 11 is 0. The highest BCUT2D eigenvalue weighted by molar-refractivity contribution is 5.46. The van der Waals surface area contributed by atoms with E-state index in [1.807, 2.05) is 0 Å². The van der Waals surface area contributed by atoms with Gasteiger partial charge in [0.2, 0.25) is 17.8 Å². The van der Waals surface area contributed by atoms with Crippen LogP contribution in [0.25, 0.3) is 0 Å². The Kier molecular flexibility index (Phi) is 5.20. The Bertz CT molecular complexity index is 459. The molecule has 0 radical (unpaired) electrons. The van der Waals surface area contributed by atoms with Gasteiger partial charge in [-0.2, -0.15) is 15.0 Å². The summed E-state index contributed by atoms with van der Waals surface area (Å²) < 4.78 is 0. The van der Waals surface area contributed by atoms with Crippen molar-refractivity contribution in [1.82, 2.24) is 15.0 Å². The second kappa shape index (κ2) is 6.91. The first kappa shape index (κ1) is 15.8. The lowest BCUT2D eigenvalue weighted by atomic mass is 10.1. The molecule has 6 heteroatoms. The monoisotopic (exact) mass is 292 g/mol. The van der Waals surface area contributed by atoms with Crippen LogP contribution in [0.4, 0.5) is 17.8 Å². The van der Waals surface area contributed by atoms with Crippen molar-refractivity contribution >= 4 is 17.8 Å². The zero-order valence-corrected chi connectivity index (χ0v) is 13.9. The van der Waals surface area contributed by atoms with Crippen LogP contribution in [-0.2, 0) is 0 Å². The Morgan fingerprint density at radius 3 is 2.38 bits per heavy atom. The van der Waals surface area contributed by atoms with Crippen molar-refractivity contribution < 1.29 is 0 Å². The van der Waals surface area contributed by atoms with E-state index in [9.17, 15) is 0 Å². The molecule has 1 aromatic rings. The average molecular weight is 292 g/mol. The molecule has 0 saturated carbocycles. The number of hydrogen-bond acceptors (Lipinski definition) is 6. The maximum atomic E-state index is 4.71. The van der Waals surface area contributed by atoms with Crippen molar-refractivity contribution in [3.8, 4) is 0 Å². The van der Waals surface area contributed by atoms with Crippen LogP contribution in [-0.4, -0.2) is 47.2 Å². The first-order valence-electron chi connectivity index (χ1n) is 8.10. The highest BCUT2D eigenvalue weighted by Gasteiger charge is 2.29. The largest absolute Gasteiger partial charge is 0.354 e. The quantitative estimate of drug-likeness (QED) is 0.869. The van der Waals surface area contributed by atoms with Crippen LogP contribution in [0, 0.1) is 5.92 Å². The van der Waals surface area contributed by atoms with Gasteiger partial charge in [0.25, 0.3) is 0 Å². The lowest BCUT2D eigenvalue weighted by Gasteiger charge is -2.25. The number of nitrogens with one attached hydrogen (secondary N) is 1. The van der Waals surface area contributed by atoms with Gasteiger partial charge in [0.15, 0.2) is 0 Å². The van der Waals surface area contributed by atoms with E-state index in [2.05, 4.69) is 59.7 Å². The van der Waals surface area contributed by atoms with Gasteiger partial charge in [-0.25, -0.2) is 0 Å². The van der Waals surface area contributed by atoms with Gasteiger partial charge >= 0.3 is 0 Å². The molecule has 1 fully saturated rings. The molecule has 0 bridgehead atoms. The topological polar surface area (TPSA) is 57.2 Å². The van der Waals surface area contributed by atoms with Crippen LogP contribution in [0.15, 0.2) is 0 Å². The van der Waals surface area contributed by atoms with Gasteiger partial charge in [0.1, 0.15) is 0 Å². The Morgan fingerprint density at radius 2 is 1.86 bits per heavy atom. The molecule has 2 heterocycles. The van der Waals surface area contributed by atoms with E-state index in [0.717, 1.165) is 38.1 Å². The van der Waals surface area contributed by atoms with Gasteiger partial charge in [0, 0.05) is 32.2 Å². The summed E-state index contributed by atoms with van der Waals surface area (Å²) in [6.07, 6.45) is 1.20. The summed E-state index contributed by atoms with van der Waals surface area (Å²) in [4.78, 5) is 18.3. The number of rotatable bonds is 6. The third-order valence-corrected chi connectivity index (χ3v) is 4.03. The van der Waals surface area contributed by atoms with Gasteiger partial charge in [-0.3, -0.25) is 0 Å². The molecule has 1 N–H and O–H groups in total. The highest BCUT2D eigenvalue weighted by Crippen LogP contribution is 2.27. The number of aromatic nitrogens is 3. The van der Waals surface area contributed by atoms with Crippen LogP contribution >= 0.6 is 0 Å². The molecule has 2 unspecified atom stereocenters. The minimum absolute atomic E-state index is 0.487. The van der Waals surface area contributed by atoms with Gasteiger partial charge in [-0.05, 0) is 40.0 Å². The summed E-state index contributed by atoms with van der Waals surface area (Å²) in [5.41, 5.74) is 0. The fraction of sp³-hybridized carbons (Fsp3) is 0.800. The number of nitrogens with zero attached hydrogens (tertiary/aromatic N) is 5. The highest BCUT2D eigenvalue weighted by atomic mass is 15.4. The molecule has 2 rings (SSSR count). The van der Waals surface area contributed by atoms with Crippen LogP contribution in [0.2, 0.25) is 0 Å². The predicted molar refractivity (Wildman–Crippen MR) is 88.1 cm³/mol. The SMILES string of the molecule is CCNc1nc(N(CC)CC)nc(N2CC(C)CC2C)n1.